The molecule has 0 radical (unpaired) electrons. The molecule has 0 spiro atoms. The van der Waals surface area contributed by atoms with E-state index in [1.807, 2.05) is 119 Å². The summed E-state index contributed by atoms with van der Waals surface area (Å²) >= 11 is 0. The SMILES string of the molecule is CN(C)Cc1cc(OCc2ccccc2)c2c(c1N(C)C)C[C@H]1C[C@H]3[C@H](N(C)C)c4onc(OCc5ccccc5)c4C(=O)[C@@]3(O)C(=O)C1=C2O. The minimum absolute atomic E-state index is 0.0355. The number of fused-ring (bicyclic) bond motifs is 4. The maximum Gasteiger partial charge on any atom is 0.265 e. The van der Waals surface area contributed by atoms with Crippen molar-refractivity contribution in [1.29, 1.82) is 0 Å². The number of aliphatic hydroxyl groups is 2. The number of hydrogen-bond donors (Lipinski definition) is 2. The number of hydrogen-bond acceptors (Lipinski definition) is 11. The molecule has 0 bridgehead atoms. The van der Waals surface area contributed by atoms with Gasteiger partial charge in [-0.05, 0) is 80.4 Å². The summed E-state index contributed by atoms with van der Waals surface area (Å²) in [6.07, 6.45) is 0.632. The average molecular weight is 693 g/mol. The Kier molecular flexibility index (Phi) is 8.99. The molecule has 51 heavy (non-hydrogen) atoms. The van der Waals surface area contributed by atoms with Crippen molar-refractivity contribution in [3.05, 3.63) is 111 Å². The zero-order chi connectivity index (χ0) is 36.2. The van der Waals surface area contributed by atoms with Crippen molar-refractivity contribution >= 4 is 23.0 Å². The largest absolute Gasteiger partial charge is 0.507 e. The Morgan fingerprint density at radius 2 is 1.51 bits per heavy atom. The van der Waals surface area contributed by atoms with Crippen LogP contribution in [0.15, 0.2) is 76.8 Å². The number of aliphatic hydroxyl groups excluding tert-OH is 1. The fourth-order valence-corrected chi connectivity index (χ4v) is 8.23. The zero-order valence-corrected chi connectivity index (χ0v) is 29.8. The van der Waals surface area contributed by atoms with Gasteiger partial charge in [0.2, 0.25) is 11.6 Å². The molecule has 11 heteroatoms. The number of carbonyl (C=O) groups excluding carboxylic acids is 2. The summed E-state index contributed by atoms with van der Waals surface area (Å²) in [6, 6.07) is 20.4. The Morgan fingerprint density at radius 1 is 0.882 bits per heavy atom. The highest BCUT2D eigenvalue weighted by Gasteiger charge is 2.65. The van der Waals surface area contributed by atoms with Crippen LogP contribution in [-0.2, 0) is 31.0 Å². The number of ether oxygens (including phenoxy) is 2. The smallest absolute Gasteiger partial charge is 0.265 e. The van der Waals surface area contributed by atoms with E-state index in [4.69, 9.17) is 14.0 Å². The minimum Gasteiger partial charge on any atom is -0.507 e. The van der Waals surface area contributed by atoms with Crippen LogP contribution in [0.3, 0.4) is 0 Å². The predicted octanol–water partition coefficient (Wildman–Crippen LogP) is 5.22. The lowest BCUT2D eigenvalue weighted by atomic mass is 9.57. The minimum atomic E-state index is -2.49. The second-order valence-electron chi connectivity index (χ2n) is 14.5. The van der Waals surface area contributed by atoms with Gasteiger partial charge in [0.25, 0.3) is 5.88 Å². The molecule has 266 valence electrons. The Labute approximate surface area is 297 Å². The van der Waals surface area contributed by atoms with Crippen LogP contribution in [-0.4, -0.2) is 84.6 Å². The first-order chi connectivity index (χ1) is 24.4. The van der Waals surface area contributed by atoms with Crippen molar-refractivity contribution in [2.45, 2.75) is 44.2 Å². The van der Waals surface area contributed by atoms with E-state index in [0.717, 1.165) is 27.9 Å². The van der Waals surface area contributed by atoms with Crippen molar-refractivity contribution in [3.8, 4) is 11.6 Å². The van der Waals surface area contributed by atoms with Crippen molar-refractivity contribution < 1.29 is 33.8 Å². The van der Waals surface area contributed by atoms with Gasteiger partial charge in [-0.25, -0.2) is 0 Å². The fraction of sp³-hybridized carbons (Fsp3) is 0.375. The summed E-state index contributed by atoms with van der Waals surface area (Å²) in [5, 5.41) is 28.8. The molecule has 2 N–H and O–H groups in total. The molecule has 1 heterocycles. The maximum atomic E-state index is 14.8. The van der Waals surface area contributed by atoms with Gasteiger partial charge < -0.3 is 34.0 Å². The molecule has 7 rings (SSSR count). The standard InChI is InChI=1S/C40H44N4O7/c1-42(2)20-26-19-29(49-21-23-13-9-7-10-14-23)31-27(33(26)43(3)4)17-25-18-28-34(44(5)6)36-32(38(47)40(28,48)37(46)30(25)35(31)45)39(41-51-36)50-22-24-15-11-8-12-16-24/h7-16,19,25,28,34,45,48H,17-18,20-22H2,1-6H3/t25-,28-,34-,40-/m0/s1. The van der Waals surface area contributed by atoms with E-state index in [2.05, 4.69) is 10.1 Å². The Hall–Kier alpha value is -4.97. The highest BCUT2D eigenvalue weighted by Crippen LogP contribution is 2.57. The molecule has 0 amide bonds. The molecule has 0 unspecified atom stereocenters. The quantitative estimate of drug-likeness (QED) is 0.212. The van der Waals surface area contributed by atoms with Crippen LogP contribution in [0, 0.1) is 11.8 Å². The third-order valence-electron chi connectivity index (χ3n) is 10.3. The van der Waals surface area contributed by atoms with E-state index in [1.165, 1.54) is 0 Å². The molecular formula is C40H44N4O7. The van der Waals surface area contributed by atoms with Crippen LogP contribution >= 0.6 is 0 Å². The normalized spacial score (nSPS) is 22.4. The van der Waals surface area contributed by atoms with Crippen molar-refractivity contribution in [3.63, 3.8) is 0 Å². The van der Waals surface area contributed by atoms with Gasteiger partial charge in [-0.2, -0.15) is 0 Å². The van der Waals surface area contributed by atoms with Gasteiger partial charge in [0.15, 0.2) is 11.4 Å². The van der Waals surface area contributed by atoms with Crippen LogP contribution in [0.2, 0.25) is 0 Å². The summed E-state index contributed by atoms with van der Waals surface area (Å²) in [7, 11) is 11.5. The molecule has 0 aliphatic heterocycles. The van der Waals surface area contributed by atoms with E-state index in [-0.39, 0.29) is 48.2 Å². The van der Waals surface area contributed by atoms with Crippen LogP contribution in [0.4, 0.5) is 5.69 Å². The lowest BCUT2D eigenvalue weighted by molar-refractivity contribution is -0.142. The Bertz CT molecular complexity index is 2000. The number of Topliss-reactive ketones (excluding diaryl/α,β-unsaturated/α-hetero) is 2. The molecular weight excluding hydrogens is 648 g/mol. The maximum absolute atomic E-state index is 14.8. The van der Waals surface area contributed by atoms with Crippen LogP contribution in [0.25, 0.3) is 5.76 Å². The van der Waals surface area contributed by atoms with E-state index in [0.29, 0.717) is 24.3 Å². The summed E-state index contributed by atoms with van der Waals surface area (Å²) in [5.74, 6) is -2.69. The monoisotopic (exact) mass is 692 g/mol. The van der Waals surface area contributed by atoms with E-state index < -0.39 is 35.0 Å². The molecule has 0 saturated heterocycles. The number of benzene rings is 3. The first-order valence-electron chi connectivity index (χ1n) is 17.2. The summed E-state index contributed by atoms with van der Waals surface area (Å²) < 4.78 is 18.2. The second-order valence-corrected chi connectivity index (χ2v) is 14.5. The molecule has 3 aliphatic carbocycles. The van der Waals surface area contributed by atoms with Gasteiger partial charge >= 0.3 is 0 Å². The molecule has 3 aliphatic rings. The third-order valence-corrected chi connectivity index (χ3v) is 10.3. The lowest BCUT2D eigenvalue weighted by Crippen LogP contribution is -2.63. The highest BCUT2D eigenvalue weighted by molar-refractivity contribution is 6.26. The van der Waals surface area contributed by atoms with E-state index in [1.54, 1.807) is 0 Å². The average Bonchev–Trinajstić information content (AvgIpc) is 3.51. The third kappa shape index (κ3) is 5.79. The van der Waals surface area contributed by atoms with Gasteiger partial charge in [0.05, 0.1) is 11.6 Å². The molecule has 1 fully saturated rings. The Morgan fingerprint density at radius 3 is 2.10 bits per heavy atom. The number of nitrogens with zero attached hydrogens (tertiary/aromatic N) is 4. The van der Waals surface area contributed by atoms with Gasteiger partial charge in [-0.1, -0.05) is 60.7 Å². The topological polar surface area (TPSA) is 129 Å². The molecule has 4 aromatic rings. The van der Waals surface area contributed by atoms with Crippen LogP contribution in [0.1, 0.15) is 56.4 Å². The van der Waals surface area contributed by atoms with E-state index >= 15 is 0 Å². The summed E-state index contributed by atoms with van der Waals surface area (Å²) in [6.45, 7) is 0.967. The molecule has 4 atom stereocenters. The van der Waals surface area contributed by atoms with Gasteiger partial charge in [-0.15, -0.1) is 0 Å². The number of rotatable bonds is 10. The van der Waals surface area contributed by atoms with Crippen molar-refractivity contribution in [2.75, 3.05) is 47.2 Å². The first-order valence-corrected chi connectivity index (χ1v) is 17.2. The Balaban J connectivity index is 1.35. The van der Waals surface area contributed by atoms with Crippen molar-refractivity contribution in [1.82, 2.24) is 15.0 Å². The van der Waals surface area contributed by atoms with Crippen LogP contribution in [0.5, 0.6) is 11.6 Å². The zero-order valence-electron chi connectivity index (χ0n) is 29.8. The van der Waals surface area contributed by atoms with Crippen molar-refractivity contribution in [2.24, 2.45) is 11.8 Å². The highest BCUT2D eigenvalue weighted by atomic mass is 16.5. The van der Waals surface area contributed by atoms with Crippen LogP contribution < -0.4 is 14.4 Å². The van der Waals surface area contributed by atoms with Gasteiger partial charge in [0, 0.05) is 37.8 Å². The predicted molar refractivity (Wildman–Crippen MR) is 192 cm³/mol. The fourth-order valence-electron chi connectivity index (χ4n) is 8.23. The molecule has 3 aromatic carbocycles. The summed E-state index contributed by atoms with van der Waals surface area (Å²) in [4.78, 5) is 35.2. The number of anilines is 1. The molecule has 1 saturated carbocycles. The van der Waals surface area contributed by atoms with Gasteiger partial charge in [0.1, 0.15) is 30.3 Å². The first kappa shape index (κ1) is 34.5. The summed E-state index contributed by atoms with van der Waals surface area (Å²) in [5.41, 5.74) is 2.49. The van der Waals surface area contributed by atoms with E-state index in [9.17, 15) is 19.8 Å². The lowest BCUT2D eigenvalue weighted by Gasteiger charge is -2.49. The number of carbonyl (C=O) groups is 2. The number of ketones is 2. The number of aromatic nitrogens is 1. The second kappa shape index (κ2) is 13.3. The molecule has 11 nitrogen and oxygen atoms in total. The molecule has 1 aromatic heterocycles. The van der Waals surface area contributed by atoms with Gasteiger partial charge in [-0.3, -0.25) is 14.5 Å².